The first kappa shape index (κ1) is 10.8. The molecule has 4 heteroatoms. The fourth-order valence-electron chi connectivity index (χ4n) is 0.788. The van der Waals surface area contributed by atoms with Crippen LogP contribution in [0.5, 0.6) is 0 Å². The maximum Gasteiger partial charge on any atom is 0.237 e. The van der Waals surface area contributed by atoms with Gasteiger partial charge in [0.25, 0.3) is 0 Å². The Morgan fingerprint density at radius 2 is 2.09 bits per heavy atom. The van der Waals surface area contributed by atoms with Crippen LogP contribution in [0.3, 0.4) is 0 Å². The number of hydrogen-bond acceptors (Lipinski definition) is 3. The van der Waals surface area contributed by atoms with Crippen LogP contribution < -0.4 is 10.6 Å². The maximum atomic E-state index is 11.1. The number of likely N-dealkylation sites (N-methyl/N-ethyl adjacent to an activating group) is 1. The minimum atomic E-state index is -0.177. The van der Waals surface area contributed by atoms with Gasteiger partial charge in [-0.05, 0) is 0 Å². The maximum absolute atomic E-state index is 11.1. The van der Waals surface area contributed by atoms with E-state index in [1.54, 1.807) is 7.05 Å². The van der Waals surface area contributed by atoms with Crippen LogP contribution in [0.15, 0.2) is 0 Å². The molecule has 0 aliphatic heterocycles. The highest BCUT2D eigenvalue weighted by molar-refractivity contribution is 7.80. The Balaban J connectivity index is 3.84. The number of carbonyl (C=O) groups is 1. The molecule has 0 fully saturated rings. The molecule has 0 saturated heterocycles. The number of hydrogen-bond donors (Lipinski definition) is 3. The van der Waals surface area contributed by atoms with Crippen LogP contribution in [0.1, 0.15) is 13.8 Å². The zero-order valence-electron chi connectivity index (χ0n) is 7.22. The van der Waals surface area contributed by atoms with Crippen LogP contribution >= 0.6 is 12.6 Å². The van der Waals surface area contributed by atoms with Gasteiger partial charge in [-0.3, -0.25) is 4.79 Å². The van der Waals surface area contributed by atoms with Crippen molar-refractivity contribution in [2.75, 3.05) is 12.8 Å². The topological polar surface area (TPSA) is 41.1 Å². The largest absolute Gasteiger partial charge is 0.358 e. The first-order valence-electron chi connectivity index (χ1n) is 3.70. The molecule has 0 bridgehead atoms. The quantitative estimate of drug-likeness (QED) is 0.529. The van der Waals surface area contributed by atoms with Crippen LogP contribution in [0.4, 0.5) is 0 Å². The average Bonchev–Trinajstić information content (AvgIpc) is 1.98. The Morgan fingerprint density at radius 3 is 2.36 bits per heavy atom. The van der Waals surface area contributed by atoms with E-state index in [9.17, 15) is 4.79 Å². The van der Waals surface area contributed by atoms with Crippen molar-refractivity contribution in [1.82, 2.24) is 10.6 Å². The van der Waals surface area contributed by atoms with Gasteiger partial charge in [0.15, 0.2) is 0 Å². The second-order valence-electron chi connectivity index (χ2n) is 2.67. The molecule has 0 saturated carbocycles. The zero-order chi connectivity index (χ0) is 8.85. The van der Waals surface area contributed by atoms with Crippen LogP contribution in [0.25, 0.3) is 0 Å². The Bertz CT molecular complexity index is 128. The summed E-state index contributed by atoms with van der Waals surface area (Å²) < 4.78 is 0. The van der Waals surface area contributed by atoms with Crippen molar-refractivity contribution in [3.8, 4) is 0 Å². The van der Waals surface area contributed by atoms with E-state index in [4.69, 9.17) is 0 Å². The minimum Gasteiger partial charge on any atom is -0.358 e. The first-order chi connectivity index (χ1) is 5.11. The van der Waals surface area contributed by atoms with Gasteiger partial charge in [-0.1, -0.05) is 13.8 Å². The fourth-order valence-corrected chi connectivity index (χ4v) is 1.06. The normalized spacial score (nSPS) is 13.2. The zero-order valence-corrected chi connectivity index (χ0v) is 8.11. The fraction of sp³-hybridized carbons (Fsp3) is 0.857. The molecule has 66 valence electrons. The Hall–Kier alpha value is -0.220. The van der Waals surface area contributed by atoms with Crippen molar-refractivity contribution in [2.24, 2.45) is 0 Å². The van der Waals surface area contributed by atoms with E-state index in [0.717, 1.165) is 0 Å². The predicted octanol–water partition coefficient (Wildman–Crippen LogP) is 0.0288. The molecule has 3 nitrogen and oxygen atoms in total. The van der Waals surface area contributed by atoms with E-state index in [1.165, 1.54) is 0 Å². The van der Waals surface area contributed by atoms with Crippen molar-refractivity contribution < 1.29 is 4.79 Å². The number of nitrogens with one attached hydrogen (secondary N) is 2. The molecule has 0 aromatic heterocycles. The first-order valence-corrected chi connectivity index (χ1v) is 4.33. The number of rotatable bonds is 4. The van der Waals surface area contributed by atoms with Crippen LogP contribution in [0.2, 0.25) is 0 Å². The molecule has 0 rings (SSSR count). The van der Waals surface area contributed by atoms with Gasteiger partial charge in [0.2, 0.25) is 5.91 Å². The molecule has 0 heterocycles. The smallest absolute Gasteiger partial charge is 0.237 e. The van der Waals surface area contributed by atoms with Crippen molar-refractivity contribution in [2.45, 2.75) is 25.9 Å². The average molecular weight is 176 g/mol. The second kappa shape index (κ2) is 5.43. The number of carbonyl (C=O) groups excluding carboxylic acids is 1. The summed E-state index contributed by atoms with van der Waals surface area (Å²) in [7, 11) is 1.63. The summed E-state index contributed by atoms with van der Waals surface area (Å²) in [6, 6.07) is 0.132. The third-order valence-electron chi connectivity index (χ3n) is 1.28. The van der Waals surface area contributed by atoms with Crippen molar-refractivity contribution in [1.29, 1.82) is 0 Å². The molecule has 2 N–H and O–H groups in total. The Morgan fingerprint density at radius 1 is 1.55 bits per heavy atom. The number of thiol groups is 1. The van der Waals surface area contributed by atoms with Gasteiger partial charge in [-0.25, -0.2) is 0 Å². The minimum absolute atomic E-state index is 0.00583. The van der Waals surface area contributed by atoms with Gasteiger partial charge in [-0.2, -0.15) is 12.6 Å². The number of amides is 1. The summed E-state index contributed by atoms with van der Waals surface area (Å²) in [4.78, 5) is 11.1. The summed E-state index contributed by atoms with van der Waals surface area (Å²) in [5, 5.41) is 5.66. The molecular formula is C7H16N2OS. The van der Waals surface area contributed by atoms with Crippen molar-refractivity contribution in [3.63, 3.8) is 0 Å². The summed E-state index contributed by atoms with van der Waals surface area (Å²) in [5.41, 5.74) is 0. The summed E-state index contributed by atoms with van der Waals surface area (Å²) in [5.74, 6) is 0.520. The van der Waals surface area contributed by atoms with Crippen LogP contribution in [-0.4, -0.2) is 30.8 Å². The standard InChI is InChI=1S/C7H16N2OS/c1-5(2)9-6(4-11)7(10)8-3/h5-6,9,11H,4H2,1-3H3,(H,8,10). The molecule has 1 unspecified atom stereocenters. The Kier molecular flexibility index (Phi) is 5.32. The van der Waals surface area contributed by atoms with Gasteiger partial charge < -0.3 is 10.6 Å². The molecule has 0 aliphatic carbocycles. The highest BCUT2D eigenvalue weighted by atomic mass is 32.1. The van der Waals surface area contributed by atoms with E-state index < -0.39 is 0 Å². The third-order valence-corrected chi connectivity index (χ3v) is 1.65. The van der Waals surface area contributed by atoms with Gasteiger partial charge in [-0.15, -0.1) is 0 Å². The van der Waals surface area contributed by atoms with E-state index in [2.05, 4.69) is 23.3 Å². The van der Waals surface area contributed by atoms with E-state index in [1.807, 2.05) is 13.8 Å². The molecule has 11 heavy (non-hydrogen) atoms. The van der Waals surface area contributed by atoms with Crippen LogP contribution in [-0.2, 0) is 4.79 Å². The summed E-state index contributed by atoms with van der Waals surface area (Å²) in [6.45, 7) is 4.00. The van der Waals surface area contributed by atoms with E-state index in [0.29, 0.717) is 11.8 Å². The van der Waals surface area contributed by atoms with Crippen molar-refractivity contribution in [3.05, 3.63) is 0 Å². The third kappa shape index (κ3) is 4.27. The molecule has 0 aliphatic rings. The lowest BCUT2D eigenvalue weighted by Gasteiger charge is -2.17. The highest BCUT2D eigenvalue weighted by Gasteiger charge is 2.14. The molecule has 0 aromatic carbocycles. The predicted molar refractivity (Wildman–Crippen MR) is 50.0 cm³/mol. The van der Waals surface area contributed by atoms with Gasteiger partial charge in [0.1, 0.15) is 0 Å². The van der Waals surface area contributed by atoms with Gasteiger partial charge in [0.05, 0.1) is 6.04 Å². The molecule has 1 amide bonds. The monoisotopic (exact) mass is 176 g/mol. The van der Waals surface area contributed by atoms with Crippen molar-refractivity contribution >= 4 is 18.5 Å². The molecule has 0 radical (unpaired) electrons. The second-order valence-corrected chi connectivity index (χ2v) is 3.04. The molecule has 0 spiro atoms. The molecule has 1 atom stereocenters. The Labute approximate surface area is 73.3 Å². The lowest BCUT2D eigenvalue weighted by atomic mass is 10.2. The summed E-state index contributed by atoms with van der Waals surface area (Å²) >= 11 is 4.06. The highest BCUT2D eigenvalue weighted by Crippen LogP contribution is 1.90. The molecule has 0 aromatic rings. The SMILES string of the molecule is CNC(=O)C(CS)NC(C)C. The lowest BCUT2D eigenvalue weighted by Crippen LogP contribution is -2.46. The summed E-state index contributed by atoms with van der Waals surface area (Å²) in [6.07, 6.45) is 0. The van der Waals surface area contributed by atoms with Crippen LogP contribution in [0, 0.1) is 0 Å². The van der Waals surface area contributed by atoms with Gasteiger partial charge in [0, 0.05) is 18.8 Å². The van der Waals surface area contributed by atoms with E-state index in [-0.39, 0.29) is 11.9 Å². The lowest BCUT2D eigenvalue weighted by molar-refractivity contribution is -0.122. The van der Waals surface area contributed by atoms with Gasteiger partial charge >= 0.3 is 0 Å². The van der Waals surface area contributed by atoms with E-state index >= 15 is 0 Å². The molecular weight excluding hydrogens is 160 g/mol.